The van der Waals surface area contributed by atoms with Crippen LogP contribution < -0.4 is 11.1 Å². The van der Waals surface area contributed by atoms with E-state index in [1.807, 2.05) is 36.4 Å². The molecule has 38 heavy (non-hydrogen) atoms. The number of carbonyl (C=O) groups excluding carboxylic acids is 2. The molecule has 1 saturated heterocycles. The SMILES string of the molecule is Cn1c(=O)oc2ccc(-c3ccc(C[C@@H](C#N)NC(=O)[C@]4(C)CN(C(=O)OC(C)(C)C)CCO4)cc3)cc21. The minimum absolute atomic E-state index is 0.0210. The Hall–Kier alpha value is -4.10. The van der Waals surface area contributed by atoms with Crippen LogP contribution in [0.3, 0.4) is 0 Å². The Morgan fingerprint density at radius 2 is 1.87 bits per heavy atom. The van der Waals surface area contributed by atoms with Crippen molar-refractivity contribution in [3.05, 3.63) is 58.6 Å². The van der Waals surface area contributed by atoms with Crippen molar-refractivity contribution in [1.29, 1.82) is 5.26 Å². The minimum Gasteiger partial charge on any atom is -0.444 e. The maximum atomic E-state index is 13.1. The summed E-state index contributed by atoms with van der Waals surface area (Å²) in [5, 5.41) is 12.5. The van der Waals surface area contributed by atoms with Gasteiger partial charge in [0, 0.05) is 20.0 Å². The Morgan fingerprint density at radius 1 is 1.18 bits per heavy atom. The second kappa shape index (κ2) is 10.3. The van der Waals surface area contributed by atoms with Crippen LogP contribution in [0.15, 0.2) is 51.7 Å². The molecule has 0 saturated carbocycles. The molecule has 1 N–H and O–H groups in total. The first-order chi connectivity index (χ1) is 17.9. The van der Waals surface area contributed by atoms with Crippen molar-refractivity contribution in [2.24, 2.45) is 7.05 Å². The number of aryl methyl sites for hydroxylation is 1. The summed E-state index contributed by atoms with van der Waals surface area (Å²) in [6, 6.07) is 14.5. The zero-order chi connectivity index (χ0) is 27.7. The van der Waals surface area contributed by atoms with Crippen LogP contribution in [-0.2, 0) is 27.7 Å². The molecule has 0 radical (unpaired) electrons. The van der Waals surface area contributed by atoms with Crippen LogP contribution in [0, 0.1) is 11.3 Å². The fourth-order valence-corrected chi connectivity index (χ4v) is 4.30. The average Bonchev–Trinajstić information content (AvgIpc) is 3.15. The molecule has 3 aromatic rings. The molecule has 0 aliphatic carbocycles. The molecule has 10 heteroatoms. The van der Waals surface area contributed by atoms with Gasteiger partial charge in [-0.2, -0.15) is 5.26 Å². The van der Waals surface area contributed by atoms with Gasteiger partial charge in [-0.15, -0.1) is 0 Å². The summed E-state index contributed by atoms with van der Waals surface area (Å²) in [6.07, 6.45) is -0.213. The zero-order valence-electron chi connectivity index (χ0n) is 22.2. The highest BCUT2D eigenvalue weighted by Gasteiger charge is 2.42. The lowest BCUT2D eigenvalue weighted by molar-refractivity contribution is -0.155. The fourth-order valence-electron chi connectivity index (χ4n) is 4.30. The number of benzene rings is 2. The third-order valence-corrected chi connectivity index (χ3v) is 6.39. The van der Waals surface area contributed by atoms with Crippen LogP contribution in [0.4, 0.5) is 4.79 Å². The molecule has 1 aromatic heterocycles. The molecule has 1 aliphatic heterocycles. The van der Waals surface area contributed by atoms with Gasteiger partial charge in [0.1, 0.15) is 11.6 Å². The molecule has 2 heterocycles. The lowest BCUT2D eigenvalue weighted by atomic mass is 9.99. The van der Waals surface area contributed by atoms with Crippen LogP contribution in [0.2, 0.25) is 0 Å². The van der Waals surface area contributed by atoms with Crippen LogP contribution in [0.5, 0.6) is 0 Å². The standard InChI is InChI=1S/C28H32N4O6/c1-27(2,3)38-26(35)32-12-13-36-28(4,17-32)24(33)30-21(16-29)14-18-6-8-19(9-7-18)20-10-11-23-22(15-20)31(5)25(34)37-23/h6-11,15,21H,12-14,17H2,1-5H3,(H,30,33)/t21-,28-/m0/s1. The summed E-state index contributed by atoms with van der Waals surface area (Å²) in [5.41, 5.74) is 1.99. The highest BCUT2D eigenvalue weighted by molar-refractivity contribution is 5.86. The first kappa shape index (κ1) is 26.9. The van der Waals surface area contributed by atoms with Gasteiger partial charge in [0.25, 0.3) is 5.91 Å². The number of nitriles is 1. The van der Waals surface area contributed by atoms with Crippen molar-refractivity contribution in [2.45, 2.75) is 51.4 Å². The molecule has 1 aliphatic rings. The molecule has 1 fully saturated rings. The quantitative estimate of drug-likeness (QED) is 0.546. The summed E-state index contributed by atoms with van der Waals surface area (Å²) in [5.74, 6) is -0.880. The van der Waals surface area contributed by atoms with Gasteiger partial charge in [-0.3, -0.25) is 9.36 Å². The van der Waals surface area contributed by atoms with Gasteiger partial charge < -0.3 is 24.1 Å². The summed E-state index contributed by atoms with van der Waals surface area (Å²) in [4.78, 5) is 38.8. The van der Waals surface area contributed by atoms with Gasteiger partial charge >= 0.3 is 11.8 Å². The number of oxazole rings is 1. The molecular weight excluding hydrogens is 488 g/mol. The zero-order valence-corrected chi connectivity index (χ0v) is 22.2. The number of nitrogens with one attached hydrogen (secondary N) is 1. The fraction of sp³-hybridized carbons (Fsp3) is 0.429. The van der Waals surface area contributed by atoms with Crippen molar-refractivity contribution in [2.75, 3.05) is 19.7 Å². The van der Waals surface area contributed by atoms with E-state index < -0.39 is 35.0 Å². The van der Waals surface area contributed by atoms with Crippen molar-refractivity contribution >= 4 is 23.1 Å². The molecule has 0 spiro atoms. The van der Waals surface area contributed by atoms with Gasteiger partial charge in [-0.25, -0.2) is 9.59 Å². The highest BCUT2D eigenvalue weighted by Crippen LogP contribution is 2.25. The summed E-state index contributed by atoms with van der Waals surface area (Å²) >= 11 is 0. The van der Waals surface area contributed by atoms with Crippen molar-refractivity contribution < 1.29 is 23.5 Å². The second-order valence-corrected chi connectivity index (χ2v) is 10.6. The molecule has 2 aromatic carbocycles. The first-order valence-corrected chi connectivity index (χ1v) is 12.4. The molecular formula is C28H32N4O6. The normalized spacial score (nSPS) is 18.6. The topological polar surface area (TPSA) is 127 Å². The van der Waals surface area contributed by atoms with Crippen molar-refractivity contribution in [1.82, 2.24) is 14.8 Å². The van der Waals surface area contributed by atoms with E-state index in [1.165, 1.54) is 9.47 Å². The number of hydrogen-bond donors (Lipinski definition) is 1. The highest BCUT2D eigenvalue weighted by atomic mass is 16.6. The van der Waals surface area contributed by atoms with E-state index in [0.29, 0.717) is 24.1 Å². The maximum Gasteiger partial charge on any atom is 0.419 e. The van der Waals surface area contributed by atoms with Crippen molar-refractivity contribution in [3.63, 3.8) is 0 Å². The van der Waals surface area contributed by atoms with Crippen LogP contribution in [-0.4, -0.2) is 58.4 Å². The van der Waals surface area contributed by atoms with Gasteiger partial charge in [0.05, 0.1) is 24.7 Å². The molecule has 2 amide bonds. The van der Waals surface area contributed by atoms with E-state index in [1.54, 1.807) is 40.8 Å². The number of carbonyl (C=O) groups is 2. The van der Waals surface area contributed by atoms with Gasteiger partial charge in [0.2, 0.25) is 0 Å². The van der Waals surface area contributed by atoms with E-state index >= 15 is 0 Å². The molecule has 200 valence electrons. The summed E-state index contributed by atoms with van der Waals surface area (Å²) < 4.78 is 17.8. The Bertz CT molecular complexity index is 1440. The van der Waals surface area contributed by atoms with Crippen LogP contribution in [0.25, 0.3) is 22.2 Å². The van der Waals surface area contributed by atoms with Crippen molar-refractivity contribution in [3.8, 4) is 17.2 Å². The third kappa shape index (κ3) is 5.89. The number of hydrogen-bond acceptors (Lipinski definition) is 7. The molecule has 0 unspecified atom stereocenters. The van der Waals surface area contributed by atoms with E-state index in [4.69, 9.17) is 13.9 Å². The number of ether oxygens (including phenoxy) is 2. The van der Waals surface area contributed by atoms with E-state index in [-0.39, 0.29) is 13.2 Å². The molecule has 10 nitrogen and oxygen atoms in total. The van der Waals surface area contributed by atoms with Gasteiger partial charge in [-0.1, -0.05) is 30.3 Å². The summed E-state index contributed by atoms with van der Waals surface area (Å²) in [6.45, 7) is 7.46. The molecule has 2 atom stereocenters. The van der Waals surface area contributed by atoms with E-state index in [9.17, 15) is 19.6 Å². The smallest absolute Gasteiger partial charge is 0.419 e. The number of morpholine rings is 1. The van der Waals surface area contributed by atoms with Gasteiger partial charge in [0.15, 0.2) is 11.2 Å². The molecule has 4 rings (SSSR count). The number of amides is 2. The van der Waals surface area contributed by atoms with E-state index in [2.05, 4.69) is 11.4 Å². The number of fused-ring (bicyclic) bond motifs is 1. The first-order valence-electron chi connectivity index (χ1n) is 12.4. The second-order valence-electron chi connectivity index (χ2n) is 10.6. The number of nitrogens with zero attached hydrogens (tertiary/aromatic N) is 3. The third-order valence-electron chi connectivity index (χ3n) is 6.39. The Balaban J connectivity index is 1.41. The minimum atomic E-state index is -1.31. The lowest BCUT2D eigenvalue weighted by Crippen LogP contribution is -2.61. The number of aromatic nitrogens is 1. The van der Waals surface area contributed by atoms with Gasteiger partial charge in [-0.05, 0) is 56.5 Å². The Kier molecular flexibility index (Phi) is 7.33. The predicted octanol–water partition coefficient (Wildman–Crippen LogP) is 3.38. The van der Waals surface area contributed by atoms with E-state index in [0.717, 1.165) is 16.7 Å². The predicted molar refractivity (Wildman–Crippen MR) is 140 cm³/mol. The Morgan fingerprint density at radius 3 is 2.53 bits per heavy atom. The maximum absolute atomic E-state index is 13.1. The monoisotopic (exact) mass is 520 g/mol. The largest absolute Gasteiger partial charge is 0.444 e. The van der Waals surface area contributed by atoms with Crippen LogP contribution >= 0.6 is 0 Å². The lowest BCUT2D eigenvalue weighted by Gasteiger charge is -2.39. The average molecular weight is 521 g/mol. The molecule has 0 bridgehead atoms. The van der Waals surface area contributed by atoms with Crippen LogP contribution in [0.1, 0.15) is 33.3 Å². The number of rotatable bonds is 5. The Labute approximate surface area is 220 Å². The summed E-state index contributed by atoms with van der Waals surface area (Å²) in [7, 11) is 1.66.